The molecule has 0 radical (unpaired) electrons. The van der Waals surface area contributed by atoms with Gasteiger partial charge in [-0.2, -0.15) is 0 Å². The Hall–Kier alpha value is -0.520. The molecule has 0 amide bonds. The maximum Gasteiger partial charge on any atom is 0.0434 e. The summed E-state index contributed by atoms with van der Waals surface area (Å²) in [5.74, 6) is 0. The van der Waals surface area contributed by atoms with Gasteiger partial charge in [0, 0.05) is 6.61 Å². The molecule has 0 atom stereocenters. The van der Waals surface area contributed by atoms with Crippen molar-refractivity contribution in [3.8, 4) is 0 Å². The van der Waals surface area contributed by atoms with E-state index < -0.39 is 0 Å². The second kappa shape index (κ2) is 6.60. The largest absolute Gasteiger partial charge is 0.396 e. The van der Waals surface area contributed by atoms with Crippen LogP contribution in [0.25, 0.3) is 0 Å². The van der Waals surface area contributed by atoms with Gasteiger partial charge in [-0.25, -0.2) is 0 Å². The summed E-state index contributed by atoms with van der Waals surface area (Å²) in [4.78, 5) is 0. The van der Waals surface area contributed by atoms with Gasteiger partial charge in [0.2, 0.25) is 0 Å². The highest BCUT2D eigenvalue weighted by atomic mass is 16.2. The van der Waals surface area contributed by atoms with Crippen molar-refractivity contribution < 1.29 is 5.11 Å². The molecule has 0 aliphatic rings. The first-order valence-electron chi connectivity index (χ1n) is 3.85. The van der Waals surface area contributed by atoms with E-state index in [-0.39, 0.29) is 6.61 Å². The van der Waals surface area contributed by atoms with E-state index in [1.165, 1.54) is 5.57 Å². The van der Waals surface area contributed by atoms with E-state index in [0.717, 1.165) is 19.3 Å². The summed E-state index contributed by atoms with van der Waals surface area (Å²) in [6.45, 7) is 4.37. The van der Waals surface area contributed by atoms with Crippen LogP contribution < -0.4 is 0 Å². The zero-order valence-corrected chi connectivity index (χ0v) is 6.85. The molecule has 1 N–H and O–H groups in total. The van der Waals surface area contributed by atoms with Gasteiger partial charge in [0.25, 0.3) is 0 Å². The van der Waals surface area contributed by atoms with Crippen LogP contribution in [0.5, 0.6) is 0 Å². The van der Waals surface area contributed by atoms with Crippen molar-refractivity contribution in [1.82, 2.24) is 0 Å². The predicted molar refractivity (Wildman–Crippen MR) is 43.9 cm³/mol. The van der Waals surface area contributed by atoms with Crippen LogP contribution >= 0.6 is 0 Å². The smallest absolute Gasteiger partial charge is 0.0434 e. The number of rotatable bonds is 4. The van der Waals surface area contributed by atoms with Gasteiger partial charge in [0.15, 0.2) is 0 Å². The van der Waals surface area contributed by atoms with Gasteiger partial charge < -0.3 is 5.11 Å². The molecule has 0 unspecified atom stereocenters. The molecule has 0 fully saturated rings. The molecule has 0 bridgehead atoms. The standard InChI is InChI=1S/C9H16O/c1-3-6-9(4-2)7-5-8-10/h3,10H,4-5,7-8H2,1-2H3. The van der Waals surface area contributed by atoms with Gasteiger partial charge in [-0.3, -0.25) is 0 Å². The SMILES string of the molecule is CC=C=C(CC)CCCO. The summed E-state index contributed by atoms with van der Waals surface area (Å²) < 4.78 is 0. The van der Waals surface area contributed by atoms with Crippen LogP contribution in [0.1, 0.15) is 33.1 Å². The Balaban J connectivity index is 3.73. The van der Waals surface area contributed by atoms with Crippen LogP contribution in [0.4, 0.5) is 0 Å². The molecule has 0 heterocycles. The molecule has 1 nitrogen and oxygen atoms in total. The average molecular weight is 140 g/mol. The molecule has 0 aromatic rings. The second-order valence-corrected chi connectivity index (χ2v) is 2.22. The fraction of sp³-hybridized carbons (Fsp3) is 0.667. The highest BCUT2D eigenvalue weighted by molar-refractivity contribution is 4.99. The van der Waals surface area contributed by atoms with Crippen LogP contribution in [0.15, 0.2) is 17.4 Å². The molecule has 0 spiro atoms. The van der Waals surface area contributed by atoms with Crippen molar-refractivity contribution in [3.05, 3.63) is 17.4 Å². The molecule has 10 heavy (non-hydrogen) atoms. The van der Waals surface area contributed by atoms with Crippen molar-refractivity contribution in [2.24, 2.45) is 0 Å². The summed E-state index contributed by atoms with van der Waals surface area (Å²) in [5.41, 5.74) is 4.45. The lowest BCUT2D eigenvalue weighted by Crippen LogP contribution is -1.84. The van der Waals surface area contributed by atoms with Gasteiger partial charge in [0.1, 0.15) is 0 Å². The van der Waals surface area contributed by atoms with Crippen molar-refractivity contribution in [3.63, 3.8) is 0 Å². The number of aliphatic hydroxyl groups excluding tert-OH is 1. The number of hydrogen-bond acceptors (Lipinski definition) is 1. The first-order chi connectivity index (χ1) is 4.85. The van der Waals surface area contributed by atoms with Gasteiger partial charge in [-0.15, -0.1) is 5.73 Å². The minimum Gasteiger partial charge on any atom is -0.396 e. The van der Waals surface area contributed by atoms with E-state index in [1.807, 2.05) is 13.0 Å². The molecule has 0 saturated heterocycles. The Bertz CT molecular complexity index is 130. The van der Waals surface area contributed by atoms with Crippen molar-refractivity contribution in [2.75, 3.05) is 6.61 Å². The quantitative estimate of drug-likeness (QED) is 0.594. The Morgan fingerprint density at radius 2 is 2.30 bits per heavy atom. The lowest BCUT2D eigenvalue weighted by molar-refractivity contribution is 0.288. The summed E-state index contributed by atoms with van der Waals surface area (Å²) in [5, 5.41) is 8.53. The lowest BCUT2D eigenvalue weighted by atomic mass is 10.1. The minimum absolute atomic E-state index is 0.287. The third-order valence-corrected chi connectivity index (χ3v) is 1.41. The summed E-state index contributed by atoms with van der Waals surface area (Å²) >= 11 is 0. The monoisotopic (exact) mass is 140 g/mol. The van der Waals surface area contributed by atoms with E-state index in [2.05, 4.69) is 12.7 Å². The first kappa shape index (κ1) is 9.48. The fourth-order valence-corrected chi connectivity index (χ4v) is 0.848. The summed E-state index contributed by atoms with van der Waals surface area (Å²) in [6, 6.07) is 0. The van der Waals surface area contributed by atoms with E-state index in [4.69, 9.17) is 5.11 Å². The topological polar surface area (TPSA) is 20.2 Å². The van der Waals surface area contributed by atoms with E-state index in [0.29, 0.717) is 0 Å². The highest BCUT2D eigenvalue weighted by Crippen LogP contribution is 2.06. The Morgan fingerprint density at radius 3 is 2.70 bits per heavy atom. The first-order valence-corrected chi connectivity index (χ1v) is 3.85. The van der Waals surface area contributed by atoms with Gasteiger partial charge in [-0.1, -0.05) is 6.92 Å². The number of hydrogen-bond donors (Lipinski definition) is 1. The Labute approximate surface area is 63.1 Å². The number of allylic oxidation sites excluding steroid dienone is 1. The van der Waals surface area contributed by atoms with Gasteiger partial charge >= 0.3 is 0 Å². The van der Waals surface area contributed by atoms with Crippen LogP contribution in [-0.4, -0.2) is 11.7 Å². The second-order valence-electron chi connectivity index (χ2n) is 2.22. The van der Waals surface area contributed by atoms with E-state index in [1.54, 1.807) is 0 Å². The van der Waals surface area contributed by atoms with Crippen molar-refractivity contribution in [2.45, 2.75) is 33.1 Å². The van der Waals surface area contributed by atoms with Crippen LogP contribution in [0.2, 0.25) is 0 Å². The lowest BCUT2D eigenvalue weighted by Gasteiger charge is -1.97. The third kappa shape index (κ3) is 4.37. The fourth-order valence-electron chi connectivity index (χ4n) is 0.848. The van der Waals surface area contributed by atoms with Crippen LogP contribution in [0.3, 0.4) is 0 Å². The van der Waals surface area contributed by atoms with Crippen LogP contribution in [0, 0.1) is 0 Å². The molecular formula is C9H16O. The summed E-state index contributed by atoms with van der Waals surface area (Å²) in [6.07, 6.45) is 4.82. The Morgan fingerprint density at radius 1 is 1.60 bits per heavy atom. The molecular weight excluding hydrogens is 124 g/mol. The molecule has 0 rings (SSSR count). The predicted octanol–water partition coefficient (Wildman–Crippen LogP) is 2.27. The summed E-state index contributed by atoms with van der Waals surface area (Å²) in [7, 11) is 0. The average Bonchev–Trinajstić information content (AvgIpc) is 1.98. The maximum absolute atomic E-state index is 8.53. The Kier molecular flexibility index (Phi) is 6.25. The van der Waals surface area contributed by atoms with Gasteiger partial charge in [-0.05, 0) is 37.8 Å². The van der Waals surface area contributed by atoms with Crippen molar-refractivity contribution >= 4 is 0 Å². The molecule has 0 aliphatic heterocycles. The van der Waals surface area contributed by atoms with Crippen LogP contribution in [-0.2, 0) is 0 Å². The van der Waals surface area contributed by atoms with E-state index in [9.17, 15) is 0 Å². The zero-order valence-electron chi connectivity index (χ0n) is 6.85. The molecule has 58 valence electrons. The minimum atomic E-state index is 0.287. The maximum atomic E-state index is 8.53. The molecule has 1 heteroatoms. The molecule has 0 aromatic heterocycles. The highest BCUT2D eigenvalue weighted by Gasteiger charge is 1.90. The number of aliphatic hydroxyl groups is 1. The molecule has 0 saturated carbocycles. The molecule has 0 aliphatic carbocycles. The molecule has 0 aromatic carbocycles. The zero-order chi connectivity index (χ0) is 7.82. The van der Waals surface area contributed by atoms with Crippen molar-refractivity contribution in [1.29, 1.82) is 0 Å². The van der Waals surface area contributed by atoms with Gasteiger partial charge in [0.05, 0.1) is 0 Å². The van der Waals surface area contributed by atoms with E-state index >= 15 is 0 Å². The third-order valence-electron chi connectivity index (χ3n) is 1.41. The normalized spacial score (nSPS) is 8.70.